The topological polar surface area (TPSA) is 45.6 Å². The molecule has 1 aromatic heterocycles. The van der Waals surface area contributed by atoms with Gasteiger partial charge in [0, 0.05) is 26.9 Å². The summed E-state index contributed by atoms with van der Waals surface area (Å²) in [6.45, 7) is 3.19. The van der Waals surface area contributed by atoms with Crippen molar-refractivity contribution in [1.82, 2.24) is 4.98 Å². The number of nitrogens with zero attached hydrogens (tertiary/aromatic N) is 2. The van der Waals surface area contributed by atoms with Gasteiger partial charge in [-0.25, -0.2) is 4.98 Å². The highest BCUT2D eigenvalue weighted by molar-refractivity contribution is 5.40. The molecule has 4 nitrogen and oxygen atoms in total. The number of anilines is 1. The van der Waals surface area contributed by atoms with Crippen molar-refractivity contribution in [3.05, 3.63) is 23.9 Å². The molecule has 0 aliphatic carbocycles. The van der Waals surface area contributed by atoms with Crippen LogP contribution in [0.2, 0.25) is 0 Å². The van der Waals surface area contributed by atoms with Crippen LogP contribution in [0.5, 0.6) is 0 Å². The molecule has 15 heavy (non-hydrogen) atoms. The lowest BCUT2D eigenvalue weighted by Gasteiger charge is -2.18. The highest BCUT2D eigenvalue weighted by Crippen LogP contribution is 2.16. The van der Waals surface area contributed by atoms with E-state index < -0.39 is 6.10 Å². The van der Waals surface area contributed by atoms with Crippen LogP contribution in [0.25, 0.3) is 0 Å². The number of aromatic nitrogens is 1. The molecule has 84 valence electrons. The lowest BCUT2D eigenvalue weighted by atomic mass is 10.2. The van der Waals surface area contributed by atoms with Gasteiger partial charge >= 0.3 is 0 Å². The van der Waals surface area contributed by atoms with E-state index in [2.05, 4.69) is 4.98 Å². The molecule has 1 heterocycles. The van der Waals surface area contributed by atoms with E-state index in [0.717, 1.165) is 17.9 Å². The van der Waals surface area contributed by atoms with Gasteiger partial charge in [-0.3, -0.25) is 0 Å². The van der Waals surface area contributed by atoms with Crippen molar-refractivity contribution in [2.24, 2.45) is 0 Å². The zero-order valence-corrected chi connectivity index (χ0v) is 9.47. The first-order valence-electron chi connectivity index (χ1n) is 4.99. The van der Waals surface area contributed by atoms with E-state index in [-0.39, 0.29) is 0 Å². The van der Waals surface area contributed by atoms with Crippen molar-refractivity contribution in [2.45, 2.75) is 13.0 Å². The molecule has 4 heteroatoms. The lowest BCUT2D eigenvalue weighted by molar-refractivity contribution is 0.199. The van der Waals surface area contributed by atoms with Crippen LogP contribution in [0, 0.1) is 0 Å². The quantitative estimate of drug-likeness (QED) is 0.793. The number of ether oxygens (including phenoxy) is 1. The van der Waals surface area contributed by atoms with Gasteiger partial charge < -0.3 is 14.7 Å². The Balaban J connectivity index is 2.71. The van der Waals surface area contributed by atoms with Gasteiger partial charge in [-0.1, -0.05) is 0 Å². The van der Waals surface area contributed by atoms with Crippen LogP contribution >= 0.6 is 0 Å². The van der Waals surface area contributed by atoms with Gasteiger partial charge in [0.2, 0.25) is 0 Å². The van der Waals surface area contributed by atoms with Crippen LogP contribution in [0.4, 0.5) is 5.82 Å². The van der Waals surface area contributed by atoms with Gasteiger partial charge in [0.25, 0.3) is 0 Å². The van der Waals surface area contributed by atoms with Gasteiger partial charge in [-0.15, -0.1) is 0 Å². The molecular weight excluding hydrogens is 192 g/mol. The second kappa shape index (κ2) is 5.68. The predicted octanol–water partition coefficient (Wildman–Crippen LogP) is 1.22. The number of aliphatic hydroxyl groups is 1. The highest BCUT2D eigenvalue weighted by atomic mass is 16.5. The Morgan fingerprint density at radius 1 is 1.60 bits per heavy atom. The Labute approximate surface area is 90.5 Å². The van der Waals surface area contributed by atoms with Crippen LogP contribution in [-0.2, 0) is 4.74 Å². The van der Waals surface area contributed by atoms with Crippen LogP contribution in [0.15, 0.2) is 18.3 Å². The van der Waals surface area contributed by atoms with Crippen molar-refractivity contribution in [3.63, 3.8) is 0 Å². The van der Waals surface area contributed by atoms with Gasteiger partial charge in [0.05, 0.1) is 12.7 Å². The summed E-state index contributed by atoms with van der Waals surface area (Å²) in [7, 11) is 3.63. The summed E-state index contributed by atoms with van der Waals surface area (Å²) >= 11 is 0. The fourth-order valence-corrected chi connectivity index (χ4v) is 1.25. The zero-order chi connectivity index (χ0) is 11.3. The normalized spacial score (nSPS) is 12.5. The van der Waals surface area contributed by atoms with E-state index in [1.807, 2.05) is 24.1 Å². The number of hydrogen-bond donors (Lipinski definition) is 1. The fraction of sp³-hybridized carbons (Fsp3) is 0.545. The lowest BCUT2D eigenvalue weighted by Crippen LogP contribution is -2.23. The van der Waals surface area contributed by atoms with E-state index in [1.165, 1.54) is 0 Å². The number of aliphatic hydroxyl groups excluding tert-OH is 1. The molecule has 0 bridgehead atoms. The maximum atomic E-state index is 9.44. The molecule has 0 saturated heterocycles. The Kier molecular flexibility index (Phi) is 4.52. The van der Waals surface area contributed by atoms with Gasteiger partial charge in [0.1, 0.15) is 5.82 Å². The predicted molar refractivity (Wildman–Crippen MR) is 60.0 cm³/mol. The molecule has 0 saturated carbocycles. The maximum Gasteiger partial charge on any atom is 0.128 e. The molecule has 0 fully saturated rings. The van der Waals surface area contributed by atoms with E-state index in [4.69, 9.17) is 4.74 Å². The van der Waals surface area contributed by atoms with Crippen LogP contribution < -0.4 is 4.90 Å². The van der Waals surface area contributed by atoms with Crippen molar-refractivity contribution >= 4 is 5.82 Å². The first-order valence-corrected chi connectivity index (χ1v) is 4.99. The molecule has 1 atom stereocenters. The summed E-state index contributed by atoms with van der Waals surface area (Å²) in [6, 6.07) is 3.71. The van der Waals surface area contributed by atoms with Crippen LogP contribution in [0.1, 0.15) is 18.6 Å². The summed E-state index contributed by atoms with van der Waals surface area (Å²) < 4.78 is 4.99. The molecule has 1 aromatic rings. The maximum absolute atomic E-state index is 9.44. The summed E-state index contributed by atoms with van der Waals surface area (Å²) in [6.07, 6.45) is 1.25. The molecule has 0 aliphatic heterocycles. The number of likely N-dealkylation sites (N-methyl/N-ethyl adjacent to an activating group) is 1. The molecule has 0 aromatic carbocycles. The average Bonchev–Trinajstić information content (AvgIpc) is 2.26. The van der Waals surface area contributed by atoms with E-state index >= 15 is 0 Å². The van der Waals surface area contributed by atoms with Crippen molar-refractivity contribution in [3.8, 4) is 0 Å². The van der Waals surface area contributed by atoms with Crippen molar-refractivity contribution in [1.29, 1.82) is 0 Å². The minimum atomic E-state index is -0.456. The fourth-order valence-electron chi connectivity index (χ4n) is 1.25. The van der Waals surface area contributed by atoms with Gasteiger partial charge in [-0.2, -0.15) is 0 Å². The largest absolute Gasteiger partial charge is 0.389 e. The minimum absolute atomic E-state index is 0.456. The van der Waals surface area contributed by atoms with E-state index in [0.29, 0.717) is 6.61 Å². The third kappa shape index (κ3) is 3.49. The SMILES string of the molecule is COCCN(C)c1cc(C(C)O)ccn1. The van der Waals surface area contributed by atoms with Crippen LogP contribution in [-0.4, -0.2) is 37.4 Å². The Hall–Kier alpha value is -1.13. The minimum Gasteiger partial charge on any atom is -0.389 e. The third-order valence-electron chi connectivity index (χ3n) is 2.27. The monoisotopic (exact) mass is 210 g/mol. The summed E-state index contributed by atoms with van der Waals surface area (Å²) in [5.41, 5.74) is 0.879. The van der Waals surface area contributed by atoms with Crippen molar-refractivity contribution < 1.29 is 9.84 Å². The molecule has 1 N–H and O–H groups in total. The summed E-state index contributed by atoms with van der Waals surface area (Å²) in [5, 5.41) is 9.44. The highest BCUT2D eigenvalue weighted by Gasteiger charge is 2.05. The average molecular weight is 210 g/mol. The van der Waals surface area contributed by atoms with Gasteiger partial charge in [0.15, 0.2) is 0 Å². The zero-order valence-electron chi connectivity index (χ0n) is 9.47. The van der Waals surface area contributed by atoms with Crippen LogP contribution in [0.3, 0.4) is 0 Å². The summed E-state index contributed by atoms with van der Waals surface area (Å²) in [5.74, 6) is 0.852. The molecule has 0 spiro atoms. The van der Waals surface area contributed by atoms with Crippen molar-refractivity contribution in [2.75, 3.05) is 32.2 Å². The molecule has 1 unspecified atom stereocenters. The molecule has 0 radical (unpaired) electrons. The molecule has 0 aliphatic rings. The third-order valence-corrected chi connectivity index (χ3v) is 2.27. The standard InChI is InChI=1S/C11H18N2O2/c1-9(14)10-4-5-12-11(8-10)13(2)6-7-15-3/h4-5,8-9,14H,6-7H2,1-3H3. The molecule has 1 rings (SSSR count). The first-order chi connectivity index (χ1) is 7.15. The Bertz CT molecular complexity index is 302. The van der Waals surface area contributed by atoms with Gasteiger partial charge in [-0.05, 0) is 24.6 Å². The van der Waals surface area contributed by atoms with E-state index in [9.17, 15) is 5.11 Å². The summed E-state index contributed by atoms with van der Waals surface area (Å²) in [4.78, 5) is 6.23. The molecule has 0 amide bonds. The number of hydrogen-bond acceptors (Lipinski definition) is 4. The smallest absolute Gasteiger partial charge is 0.128 e. The number of pyridine rings is 1. The molecular formula is C11H18N2O2. The number of methoxy groups -OCH3 is 1. The second-order valence-corrected chi connectivity index (χ2v) is 3.54. The van der Waals surface area contributed by atoms with E-state index in [1.54, 1.807) is 20.2 Å². The first kappa shape index (κ1) is 11.9. The Morgan fingerprint density at radius 3 is 2.93 bits per heavy atom. The number of rotatable bonds is 5. The Morgan fingerprint density at radius 2 is 2.33 bits per heavy atom. The second-order valence-electron chi connectivity index (χ2n) is 3.54.